The molecule has 0 aliphatic carbocycles. The van der Waals surface area contributed by atoms with Gasteiger partial charge < -0.3 is 19.7 Å². The van der Waals surface area contributed by atoms with E-state index in [-0.39, 0.29) is 24.3 Å². The van der Waals surface area contributed by atoms with Gasteiger partial charge in [-0.2, -0.15) is 0 Å². The van der Waals surface area contributed by atoms with Crippen LogP contribution in [0.5, 0.6) is 11.5 Å². The minimum absolute atomic E-state index is 0.000389. The molecule has 144 valence electrons. The van der Waals surface area contributed by atoms with Crippen LogP contribution in [0.25, 0.3) is 22.3 Å². The van der Waals surface area contributed by atoms with Crippen molar-refractivity contribution in [2.45, 2.75) is 0 Å². The van der Waals surface area contributed by atoms with Gasteiger partial charge in [-0.25, -0.2) is 9.18 Å². The van der Waals surface area contributed by atoms with Crippen molar-refractivity contribution < 1.29 is 28.9 Å². The maximum absolute atomic E-state index is 14.5. The topological polar surface area (TPSA) is 76.0 Å². The van der Waals surface area contributed by atoms with Crippen LogP contribution in [0.4, 0.5) is 4.39 Å². The Kier molecular flexibility index (Phi) is 5.91. The Labute approximate surface area is 161 Å². The predicted octanol–water partition coefficient (Wildman–Crippen LogP) is 4.24. The van der Waals surface area contributed by atoms with E-state index in [0.717, 1.165) is 0 Å². The smallest absolute Gasteiger partial charge is 0.335 e. The highest BCUT2D eigenvalue weighted by atomic mass is 19.1. The van der Waals surface area contributed by atoms with E-state index in [1.54, 1.807) is 49.6 Å². The van der Waals surface area contributed by atoms with Crippen molar-refractivity contribution in [1.82, 2.24) is 0 Å². The molecule has 6 heteroatoms. The normalized spacial score (nSPS) is 10.5. The van der Waals surface area contributed by atoms with Gasteiger partial charge in [-0.15, -0.1) is 0 Å². The number of rotatable bonds is 7. The molecule has 0 heterocycles. The number of halogens is 1. The molecular weight excluding hydrogens is 363 g/mol. The molecular formula is C22H19FO5. The van der Waals surface area contributed by atoms with Gasteiger partial charge in [0.15, 0.2) is 0 Å². The number of aliphatic hydroxyl groups excluding tert-OH is 1. The molecule has 0 atom stereocenters. The van der Waals surface area contributed by atoms with Gasteiger partial charge in [-0.3, -0.25) is 0 Å². The van der Waals surface area contributed by atoms with E-state index in [1.165, 1.54) is 18.2 Å². The lowest BCUT2D eigenvalue weighted by Gasteiger charge is -2.18. The predicted molar refractivity (Wildman–Crippen MR) is 103 cm³/mol. The second kappa shape index (κ2) is 8.54. The van der Waals surface area contributed by atoms with E-state index in [1.807, 2.05) is 0 Å². The van der Waals surface area contributed by atoms with E-state index < -0.39 is 11.8 Å². The number of hydrogen-bond acceptors (Lipinski definition) is 4. The fourth-order valence-corrected chi connectivity index (χ4v) is 2.92. The summed E-state index contributed by atoms with van der Waals surface area (Å²) in [5.74, 6) is -0.694. The maximum atomic E-state index is 14.5. The largest absolute Gasteiger partial charge is 0.497 e. The average Bonchev–Trinajstić information content (AvgIpc) is 2.72. The van der Waals surface area contributed by atoms with E-state index in [0.29, 0.717) is 28.2 Å². The number of hydrogen-bond donors (Lipinski definition) is 2. The summed E-state index contributed by atoms with van der Waals surface area (Å²) in [4.78, 5) is 11.7. The Morgan fingerprint density at radius 3 is 2.29 bits per heavy atom. The first-order chi connectivity index (χ1) is 13.5. The van der Waals surface area contributed by atoms with Crippen LogP contribution in [-0.4, -0.2) is 36.5 Å². The zero-order chi connectivity index (χ0) is 20.1. The average molecular weight is 382 g/mol. The lowest BCUT2D eigenvalue weighted by atomic mass is 9.94. The molecule has 0 saturated carbocycles. The molecule has 0 saturated heterocycles. The molecule has 0 aliphatic rings. The number of carboxylic acid groups (broad SMARTS) is 1. The Balaban J connectivity index is 2.29. The van der Waals surface area contributed by atoms with Gasteiger partial charge >= 0.3 is 5.97 Å². The SMILES string of the molecule is COc1ccc(-c2cc(C(=O)O)cc(-c3ccccc3F)c2OCCO)cc1. The van der Waals surface area contributed by atoms with Gasteiger partial charge in [0, 0.05) is 16.7 Å². The molecule has 0 aliphatic heterocycles. The first kappa shape index (κ1) is 19.4. The van der Waals surface area contributed by atoms with E-state index in [2.05, 4.69) is 0 Å². The molecule has 0 spiro atoms. The summed E-state index contributed by atoms with van der Waals surface area (Å²) in [6.45, 7) is -0.254. The third kappa shape index (κ3) is 3.97. The van der Waals surface area contributed by atoms with Gasteiger partial charge in [0.05, 0.1) is 19.3 Å². The van der Waals surface area contributed by atoms with Crippen LogP contribution in [0.2, 0.25) is 0 Å². The standard InChI is InChI=1S/C22H19FO5/c1-27-16-8-6-14(7-9-16)18-12-15(22(25)26)13-19(21(18)28-11-10-24)17-4-2-3-5-20(17)23/h2-9,12-13,24H,10-11H2,1H3,(H,25,26). The Morgan fingerprint density at radius 2 is 1.68 bits per heavy atom. The number of aromatic carboxylic acids is 1. The Bertz CT molecular complexity index is 983. The number of ether oxygens (including phenoxy) is 2. The lowest BCUT2D eigenvalue weighted by molar-refractivity contribution is 0.0697. The van der Waals surface area contributed by atoms with E-state index in [9.17, 15) is 19.4 Å². The van der Waals surface area contributed by atoms with Crippen LogP contribution >= 0.6 is 0 Å². The van der Waals surface area contributed by atoms with Crippen LogP contribution in [0, 0.1) is 5.82 Å². The first-order valence-electron chi connectivity index (χ1n) is 8.59. The molecule has 0 aromatic heterocycles. The second-order valence-corrected chi connectivity index (χ2v) is 5.99. The third-order valence-electron chi connectivity index (χ3n) is 4.24. The summed E-state index contributed by atoms with van der Waals surface area (Å²) in [6.07, 6.45) is 0. The minimum Gasteiger partial charge on any atom is -0.497 e. The molecule has 28 heavy (non-hydrogen) atoms. The van der Waals surface area contributed by atoms with Gasteiger partial charge in [0.25, 0.3) is 0 Å². The summed E-state index contributed by atoms with van der Waals surface area (Å²) in [5, 5.41) is 18.8. The first-order valence-corrected chi connectivity index (χ1v) is 8.59. The van der Waals surface area contributed by atoms with Crippen LogP contribution in [0.1, 0.15) is 10.4 Å². The van der Waals surface area contributed by atoms with Crippen molar-refractivity contribution in [2.24, 2.45) is 0 Å². The van der Waals surface area contributed by atoms with Gasteiger partial charge in [-0.1, -0.05) is 30.3 Å². The zero-order valence-electron chi connectivity index (χ0n) is 15.2. The van der Waals surface area contributed by atoms with Crippen LogP contribution in [0.3, 0.4) is 0 Å². The molecule has 5 nitrogen and oxygen atoms in total. The van der Waals surface area contributed by atoms with E-state index >= 15 is 0 Å². The Hall–Kier alpha value is -3.38. The van der Waals surface area contributed by atoms with Crippen molar-refractivity contribution in [3.63, 3.8) is 0 Å². The number of aliphatic hydroxyl groups is 1. The summed E-state index contributed by atoms with van der Waals surface area (Å²) < 4.78 is 25.4. The molecule has 0 fully saturated rings. The van der Waals surface area contributed by atoms with Crippen LogP contribution in [0.15, 0.2) is 60.7 Å². The fraction of sp³-hybridized carbons (Fsp3) is 0.136. The lowest BCUT2D eigenvalue weighted by Crippen LogP contribution is -2.06. The minimum atomic E-state index is -1.14. The Morgan fingerprint density at radius 1 is 1.00 bits per heavy atom. The number of methoxy groups -OCH3 is 1. The highest BCUT2D eigenvalue weighted by Crippen LogP contribution is 2.41. The molecule has 0 amide bonds. The maximum Gasteiger partial charge on any atom is 0.335 e. The number of carboxylic acids is 1. The van der Waals surface area contributed by atoms with Gasteiger partial charge in [0.2, 0.25) is 0 Å². The molecule has 0 radical (unpaired) electrons. The van der Waals surface area contributed by atoms with Crippen LogP contribution in [-0.2, 0) is 0 Å². The van der Waals surface area contributed by atoms with Gasteiger partial charge in [0.1, 0.15) is 23.9 Å². The molecule has 3 aromatic carbocycles. The molecule has 0 unspecified atom stereocenters. The quantitative estimate of drug-likeness (QED) is 0.639. The summed E-state index contributed by atoms with van der Waals surface area (Å²) >= 11 is 0. The summed E-state index contributed by atoms with van der Waals surface area (Å²) in [7, 11) is 1.55. The van der Waals surface area contributed by atoms with Crippen LogP contribution < -0.4 is 9.47 Å². The fourth-order valence-electron chi connectivity index (χ4n) is 2.92. The summed E-state index contributed by atoms with van der Waals surface area (Å²) in [5.41, 5.74) is 1.68. The third-order valence-corrected chi connectivity index (χ3v) is 4.24. The van der Waals surface area contributed by atoms with Crippen molar-refractivity contribution in [3.05, 3.63) is 72.0 Å². The van der Waals surface area contributed by atoms with Crippen molar-refractivity contribution in [1.29, 1.82) is 0 Å². The molecule has 0 bridgehead atoms. The van der Waals surface area contributed by atoms with E-state index in [4.69, 9.17) is 9.47 Å². The molecule has 2 N–H and O–H groups in total. The van der Waals surface area contributed by atoms with Crippen molar-refractivity contribution >= 4 is 5.97 Å². The molecule has 3 rings (SSSR count). The second-order valence-electron chi connectivity index (χ2n) is 5.99. The monoisotopic (exact) mass is 382 g/mol. The number of carbonyl (C=O) groups is 1. The highest BCUT2D eigenvalue weighted by molar-refractivity contribution is 5.95. The number of benzene rings is 3. The van der Waals surface area contributed by atoms with Crippen molar-refractivity contribution in [2.75, 3.05) is 20.3 Å². The highest BCUT2D eigenvalue weighted by Gasteiger charge is 2.20. The molecule has 3 aromatic rings. The van der Waals surface area contributed by atoms with Crippen molar-refractivity contribution in [3.8, 4) is 33.8 Å². The summed E-state index contributed by atoms with van der Waals surface area (Å²) in [6, 6.07) is 15.9. The zero-order valence-corrected chi connectivity index (χ0v) is 15.2. The van der Waals surface area contributed by atoms with Gasteiger partial charge in [-0.05, 0) is 35.9 Å².